The predicted octanol–water partition coefficient (Wildman–Crippen LogP) is 5.96. The molecular formula is C20H17ClF7N3O. The van der Waals surface area contributed by atoms with Crippen LogP contribution in [0.25, 0.3) is 0 Å². The maximum absolute atomic E-state index is 13.8. The summed E-state index contributed by atoms with van der Waals surface area (Å²) in [5, 5.41) is 1.67. The summed E-state index contributed by atoms with van der Waals surface area (Å²) in [6, 6.07) is 2.86. The minimum absolute atomic E-state index is 0.117. The van der Waals surface area contributed by atoms with Gasteiger partial charge < -0.3 is 5.32 Å². The van der Waals surface area contributed by atoms with Crippen LogP contribution in [0.15, 0.2) is 30.6 Å². The van der Waals surface area contributed by atoms with Crippen LogP contribution < -0.4 is 5.32 Å². The summed E-state index contributed by atoms with van der Waals surface area (Å²) in [6.45, 7) is -0.244. The van der Waals surface area contributed by atoms with Gasteiger partial charge in [0.15, 0.2) is 5.82 Å². The van der Waals surface area contributed by atoms with E-state index in [1.807, 2.05) is 0 Å². The number of halogens is 8. The quantitative estimate of drug-likeness (QED) is 0.534. The average Bonchev–Trinajstić information content (AvgIpc) is 2.72. The maximum atomic E-state index is 13.8. The molecule has 1 heterocycles. The van der Waals surface area contributed by atoms with Crippen molar-refractivity contribution in [2.24, 2.45) is 0 Å². The Hall–Kier alpha value is -2.43. The molecule has 1 aromatic heterocycles. The van der Waals surface area contributed by atoms with Crippen molar-refractivity contribution in [1.82, 2.24) is 15.3 Å². The average molecular weight is 484 g/mol. The van der Waals surface area contributed by atoms with Gasteiger partial charge in [0.25, 0.3) is 12.3 Å². The van der Waals surface area contributed by atoms with Gasteiger partial charge in [0.05, 0.1) is 16.1 Å². The first-order chi connectivity index (χ1) is 14.8. The molecule has 0 spiro atoms. The fourth-order valence-corrected chi connectivity index (χ4v) is 3.98. The number of carbonyl (C=O) groups is 1. The van der Waals surface area contributed by atoms with Crippen molar-refractivity contribution in [3.05, 3.63) is 58.1 Å². The zero-order valence-corrected chi connectivity index (χ0v) is 17.1. The smallest absolute Gasteiger partial charge is 0.351 e. The Morgan fingerprint density at radius 1 is 1.09 bits per heavy atom. The second-order valence-corrected chi connectivity index (χ2v) is 7.99. The Labute approximate surface area is 183 Å². The van der Waals surface area contributed by atoms with E-state index in [1.165, 1.54) is 0 Å². The third-order valence-electron chi connectivity index (χ3n) is 5.55. The molecule has 1 aromatic carbocycles. The SMILES string of the molecule is O=C(NCC1(c2cnc(C(F)F)nc2)CCC(F)(F)CC1)c1cccc(C(F)(F)F)c1Cl. The number of hydrogen-bond donors (Lipinski definition) is 1. The first-order valence-electron chi connectivity index (χ1n) is 9.47. The van der Waals surface area contributed by atoms with E-state index in [4.69, 9.17) is 11.6 Å². The largest absolute Gasteiger partial charge is 0.417 e. The molecule has 1 amide bonds. The third-order valence-corrected chi connectivity index (χ3v) is 5.96. The van der Waals surface area contributed by atoms with Crippen molar-refractivity contribution < 1.29 is 35.5 Å². The van der Waals surface area contributed by atoms with Gasteiger partial charge >= 0.3 is 6.18 Å². The summed E-state index contributed by atoms with van der Waals surface area (Å²) < 4.78 is 92.2. The highest BCUT2D eigenvalue weighted by molar-refractivity contribution is 6.34. The second-order valence-electron chi connectivity index (χ2n) is 7.61. The molecule has 0 unspecified atom stereocenters. The molecular weight excluding hydrogens is 467 g/mol. The van der Waals surface area contributed by atoms with E-state index in [-0.39, 0.29) is 24.9 Å². The van der Waals surface area contributed by atoms with Gasteiger partial charge in [-0.15, -0.1) is 0 Å². The molecule has 1 aliphatic carbocycles. The van der Waals surface area contributed by atoms with Crippen LogP contribution in [0, 0.1) is 0 Å². The van der Waals surface area contributed by atoms with Gasteiger partial charge in [-0.2, -0.15) is 13.2 Å². The van der Waals surface area contributed by atoms with E-state index in [0.717, 1.165) is 30.6 Å². The van der Waals surface area contributed by atoms with Crippen LogP contribution in [0.2, 0.25) is 5.02 Å². The number of nitrogens with zero attached hydrogens (tertiary/aromatic N) is 2. The fourth-order valence-electron chi connectivity index (χ4n) is 3.66. The summed E-state index contributed by atoms with van der Waals surface area (Å²) >= 11 is 5.77. The third kappa shape index (κ3) is 5.13. The Morgan fingerprint density at radius 2 is 1.69 bits per heavy atom. The zero-order chi connectivity index (χ0) is 23.7. The van der Waals surface area contributed by atoms with Crippen molar-refractivity contribution in [2.45, 2.75) is 49.6 Å². The zero-order valence-electron chi connectivity index (χ0n) is 16.3. The lowest BCUT2D eigenvalue weighted by Crippen LogP contribution is -2.45. The van der Waals surface area contributed by atoms with Gasteiger partial charge in [-0.1, -0.05) is 17.7 Å². The molecule has 12 heteroatoms. The molecule has 32 heavy (non-hydrogen) atoms. The van der Waals surface area contributed by atoms with E-state index >= 15 is 0 Å². The number of nitrogens with one attached hydrogen (secondary N) is 1. The standard InChI is InChI=1S/C20H17ClF7N3O/c21-14-12(2-1-3-13(14)20(26,27)28)17(32)31-10-18(4-6-19(24,25)7-5-18)11-8-29-16(15(22)23)30-9-11/h1-3,8-9,15H,4-7,10H2,(H,31,32). The summed E-state index contributed by atoms with van der Waals surface area (Å²) in [5.41, 5.74) is -2.45. The van der Waals surface area contributed by atoms with Crippen LogP contribution in [0.3, 0.4) is 0 Å². The van der Waals surface area contributed by atoms with Crippen molar-refractivity contribution in [2.75, 3.05) is 6.54 Å². The molecule has 1 fully saturated rings. The normalized spacial score (nSPS) is 17.9. The minimum Gasteiger partial charge on any atom is -0.351 e. The van der Waals surface area contributed by atoms with E-state index < -0.39 is 64.7 Å². The van der Waals surface area contributed by atoms with Crippen LogP contribution in [-0.2, 0) is 11.6 Å². The summed E-state index contributed by atoms with van der Waals surface area (Å²) in [6.07, 6.45) is -6.77. The van der Waals surface area contributed by atoms with Crippen LogP contribution in [-0.4, -0.2) is 28.3 Å². The number of aromatic nitrogens is 2. The van der Waals surface area contributed by atoms with Crippen molar-refractivity contribution in [1.29, 1.82) is 0 Å². The molecule has 2 aromatic rings. The van der Waals surface area contributed by atoms with Crippen LogP contribution >= 0.6 is 11.6 Å². The highest BCUT2D eigenvalue weighted by atomic mass is 35.5. The maximum Gasteiger partial charge on any atom is 0.417 e. The number of hydrogen-bond acceptors (Lipinski definition) is 3. The monoisotopic (exact) mass is 483 g/mol. The summed E-state index contributed by atoms with van der Waals surface area (Å²) in [4.78, 5) is 19.7. The Morgan fingerprint density at radius 3 is 2.22 bits per heavy atom. The van der Waals surface area contributed by atoms with Crippen LogP contribution in [0.4, 0.5) is 30.7 Å². The van der Waals surface area contributed by atoms with Gasteiger partial charge in [0, 0.05) is 37.2 Å². The summed E-state index contributed by atoms with van der Waals surface area (Å²) in [7, 11) is 0. The lowest BCUT2D eigenvalue weighted by molar-refractivity contribution is -0.137. The lowest BCUT2D eigenvalue weighted by atomic mass is 9.69. The summed E-state index contributed by atoms with van der Waals surface area (Å²) in [5.74, 6) is -4.59. The van der Waals surface area contributed by atoms with E-state index in [9.17, 15) is 35.5 Å². The number of carbonyl (C=O) groups excluding carboxylic acids is 1. The first-order valence-corrected chi connectivity index (χ1v) is 9.85. The molecule has 1 saturated carbocycles. The topological polar surface area (TPSA) is 54.9 Å². The van der Waals surface area contributed by atoms with E-state index in [1.54, 1.807) is 0 Å². The van der Waals surface area contributed by atoms with Gasteiger partial charge in [0.1, 0.15) is 0 Å². The first kappa shape index (κ1) is 24.2. The molecule has 174 valence electrons. The number of rotatable bonds is 5. The highest BCUT2D eigenvalue weighted by Gasteiger charge is 2.45. The Bertz CT molecular complexity index is 970. The molecule has 0 bridgehead atoms. The van der Waals surface area contributed by atoms with Crippen molar-refractivity contribution in [3.8, 4) is 0 Å². The molecule has 1 N–H and O–H groups in total. The van der Waals surface area contributed by atoms with E-state index in [2.05, 4.69) is 15.3 Å². The van der Waals surface area contributed by atoms with Gasteiger partial charge in [-0.25, -0.2) is 27.5 Å². The van der Waals surface area contributed by atoms with Crippen molar-refractivity contribution >= 4 is 17.5 Å². The van der Waals surface area contributed by atoms with Gasteiger partial charge in [-0.05, 0) is 30.5 Å². The Kier molecular flexibility index (Phi) is 6.69. The molecule has 0 saturated heterocycles. The second kappa shape index (κ2) is 8.84. The molecule has 1 aliphatic rings. The molecule has 0 aliphatic heterocycles. The number of benzene rings is 1. The van der Waals surface area contributed by atoms with Gasteiger partial charge in [0.2, 0.25) is 5.92 Å². The predicted molar refractivity (Wildman–Crippen MR) is 101 cm³/mol. The highest BCUT2D eigenvalue weighted by Crippen LogP contribution is 2.45. The molecule has 0 radical (unpaired) electrons. The molecule has 0 atom stereocenters. The number of alkyl halides is 7. The molecule has 4 nitrogen and oxygen atoms in total. The van der Waals surface area contributed by atoms with E-state index in [0.29, 0.717) is 0 Å². The lowest BCUT2D eigenvalue weighted by Gasteiger charge is -2.40. The van der Waals surface area contributed by atoms with Gasteiger partial charge in [-0.3, -0.25) is 4.79 Å². The molecule has 3 rings (SSSR count). The Balaban J connectivity index is 1.86. The minimum atomic E-state index is -4.77. The van der Waals surface area contributed by atoms with Crippen LogP contribution in [0.5, 0.6) is 0 Å². The number of amides is 1. The fraction of sp³-hybridized carbons (Fsp3) is 0.450. The van der Waals surface area contributed by atoms with Crippen molar-refractivity contribution in [3.63, 3.8) is 0 Å². The van der Waals surface area contributed by atoms with Crippen LogP contribution in [0.1, 0.15) is 59.4 Å².